The van der Waals surface area contributed by atoms with Gasteiger partial charge in [-0.15, -0.1) is 0 Å². The Morgan fingerprint density at radius 1 is 1.20 bits per heavy atom. The fraction of sp³-hybridized carbons (Fsp3) is 0. The smallest absolute Gasteiger partial charge is 0.311 e. The van der Waals surface area contributed by atoms with Gasteiger partial charge in [0.05, 0.1) is 16.2 Å². The van der Waals surface area contributed by atoms with Gasteiger partial charge in [0.15, 0.2) is 0 Å². The fourth-order valence-electron chi connectivity index (χ4n) is 1.66. The minimum atomic E-state index is -0.582. The van der Waals surface area contributed by atoms with Crippen LogP contribution in [0.25, 0.3) is 0 Å². The van der Waals surface area contributed by atoms with Crippen molar-refractivity contribution in [2.24, 2.45) is 0 Å². The first-order valence-corrected chi connectivity index (χ1v) is 6.18. The van der Waals surface area contributed by atoms with Crippen LogP contribution in [0.15, 0.2) is 36.4 Å². The molecule has 20 heavy (non-hydrogen) atoms. The van der Waals surface area contributed by atoms with Gasteiger partial charge in [-0.1, -0.05) is 29.3 Å². The van der Waals surface area contributed by atoms with Crippen LogP contribution in [0.1, 0.15) is 5.56 Å². The quantitative estimate of drug-likeness (QED) is 0.668. The molecule has 2 rings (SSSR count). The van der Waals surface area contributed by atoms with Crippen molar-refractivity contribution >= 4 is 40.3 Å². The van der Waals surface area contributed by atoms with Gasteiger partial charge in [0.1, 0.15) is 16.8 Å². The van der Waals surface area contributed by atoms with Crippen molar-refractivity contribution in [3.63, 3.8) is 0 Å². The van der Waals surface area contributed by atoms with Crippen molar-refractivity contribution in [1.82, 2.24) is 0 Å². The van der Waals surface area contributed by atoms with Crippen LogP contribution in [0.5, 0.6) is 0 Å². The standard InChI is InChI=1S/C13H7Cl2N3O2/c14-9-5-4-8(7-16)12(6-9)17-11-3-1-2-10(15)13(11)18(19)20/h1-6,17H. The van der Waals surface area contributed by atoms with Crippen LogP contribution in [0.2, 0.25) is 10.0 Å². The molecule has 1 N–H and O–H groups in total. The predicted molar refractivity (Wildman–Crippen MR) is 77.6 cm³/mol. The molecule has 0 radical (unpaired) electrons. The van der Waals surface area contributed by atoms with Crippen molar-refractivity contribution in [3.05, 3.63) is 62.1 Å². The van der Waals surface area contributed by atoms with E-state index < -0.39 is 4.92 Å². The Kier molecular flexibility index (Phi) is 4.08. The average molecular weight is 308 g/mol. The zero-order chi connectivity index (χ0) is 14.7. The average Bonchev–Trinajstić information content (AvgIpc) is 2.38. The summed E-state index contributed by atoms with van der Waals surface area (Å²) in [5.74, 6) is 0. The van der Waals surface area contributed by atoms with Crippen LogP contribution in [0.4, 0.5) is 17.1 Å². The number of nitro benzene ring substituents is 1. The number of halogens is 2. The fourth-order valence-corrected chi connectivity index (χ4v) is 2.08. The number of hydrogen-bond acceptors (Lipinski definition) is 4. The maximum Gasteiger partial charge on any atom is 0.311 e. The van der Waals surface area contributed by atoms with E-state index in [1.807, 2.05) is 6.07 Å². The molecule has 0 saturated heterocycles. The Morgan fingerprint density at radius 3 is 2.60 bits per heavy atom. The minimum absolute atomic E-state index is 0.0144. The molecule has 0 amide bonds. The number of nitrogens with one attached hydrogen (secondary N) is 1. The number of para-hydroxylation sites is 1. The molecule has 0 bridgehead atoms. The zero-order valence-electron chi connectivity index (χ0n) is 9.93. The molecule has 0 aliphatic heterocycles. The largest absolute Gasteiger partial charge is 0.349 e. The molecule has 5 nitrogen and oxygen atoms in total. The van der Waals surface area contributed by atoms with E-state index >= 15 is 0 Å². The second-order valence-corrected chi connectivity index (χ2v) is 4.66. The Bertz CT molecular complexity index is 726. The van der Waals surface area contributed by atoms with Crippen LogP contribution >= 0.6 is 23.2 Å². The van der Waals surface area contributed by atoms with Gasteiger partial charge in [-0.25, -0.2) is 0 Å². The molecule has 0 fully saturated rings. The van der Waals surface area contributed by atoms with Gasteiger partial charge in [0.25, 0.3) is 0 Å². The van der Waals surface area contributed by atoms with E-state index in [9.17, 15) is 10.1 Å². The Labute approximate surface area is 124 Å². The van der Waals surface area contributed by atoms with Crippen LogP contribution < -0.4 is 5.32 Å². The lowest BCUT2D eigenvalue weighted by molar-refractivity contribution is -0.383. The summed E-state index contributed by atoms with van der Waals surface area (Å²) in [4.78, 5) is 10.5. The van der Waals surface area contributed by atoms with Crippen molar-refractivity contribution in [2.75, 3.05) is 5.32 Å². The number of nitro groups is 1. The van der Waals surface area contributed by atoms with Gasteiger partial charge in [0, 0.05) is 5.02 Å². The van der Waals surface area contributed by atoms with E-state index in [0.29, 0.717) is 16.3 Å². The molecule has 0 aromatic heterocycles. The highest BCUT2D eigenvalue weighted by Crippen LogP contribution is 2.35. The summed E-state index contributed by atoms with van der Waals surface area (Å²) in [5, 5.41) is 23.3. The van der Waals surface area contributed by atoms with Crippen LogP contribution in [0, 0.1) is 21.4 Å². The number of hydrogen-bond donors (Lipinski definition) is 1. The van der Waals surface area contributed by atoms with E-state index in [4.69, 9.17) is 28.5 Å². The summed E-state index contributed by atoms with van der Waals surface area (Å²) >= 11 is 11.7. The first kappa shape index (κ1) is 14.1. The number of benzene rings is 2. The van der Waals surface area contributed by atoms with Crippen molar-refractivity contribution in [3.8, 4) is 6.07 Å². The van der Waals surface area contributed by atoms with E-state index in [1.165, 1.54) is 24.3 Å². The predicted octanol–water partition coefficient (Wildman–Crippen LogP) is 4.52. The summed E-state index contributed by atoms with van der Waals surface area (Å²) in [6, 6.07) is 11.1. The first-order valence-electron chi connectivity index (χ1n) is 5.42. The summed E-state index contributed by atoms with van der Waals surface area (Å²) in [6.45, 7) is 0. The number of nitriles is 1. The molecule has 0 saturated carbocycles. The second-order valence-electron chi connectivity index (χ2n) is 3.82. The minimum Gasteiger partial charge on any atom is -0.349 e. The molecule has 2 aromatic rings. The summed E-state index contributed by atoms with van der Waals surface area (Å²) in [5.41, 5.74) is 0.647. The molecular weight excluding hydrogens is 301 g/mol. The molecule has 0 atom stereocenters. The third-order valence-corrected chi connectivity index (χ3v) is 3.08. The molecule has 7 heteroatoms. The molecule has 0 aliphatic rings. The van der Waals surface area contributed by atoms with Gasteiger partial charge in [-0.3, -0.25) is 10.1 Å². The highest BCUT2D eigenvalue weighted by atomic mass is 35.5. The molecule has 0 spiro atoms. The van der Waals surface area contributed by atoms with E-state index in [1.54, 1.807) is 12.1 Å². The van der Waals surface area contributed by atoms with Crippen molar-refractivity contribution in [1.29, 1.82) is 5.26 Å². The molecule has 2 aromatic carbocycles. The maximum absolute atomic E-state index is 11.0. The van der Waals surface area contributed by atoms with Crippen molar-refractivity contribution < 1.29 is 4.92 Å². The molecular formula is C13H7Cl2N3O2. The lowest BCUT2D eigenvalue weighted by Gasteiger charge is -2.09. The second kappa shape index (κ2) is 5.78. The highest BCUT2D eigenvalue weighted by Gasteiger charge is 2.19. The molecule has 0 aliphatic carbocycles. The monoisotopic (exact) mass is 307 g/mol. The topological polar surface area (TPSA) is 79.0 Å². The molecule has 0 unspecified atom stereocenters. The van der Waals surface area contributed by atoms with Crippen LogP contribution in [-0.2, 0) is 0 Å². The zero-order valence-corrected chi connectivity index (χ0v) is 11.4. The van der Waals surface area contributed by atoms with Crippen LogP contribution in [-0.4, -0.2) is 4.92 Å². The summed E-state index contributed by atoms with van der Waals surface area (Å²) in [6.07, 6.45) is 0. The lowest BCUT2D eigenvalue weighted by Crippen LogP contribution is -1.99. The van der Waals surface area contributed by atoms with Crippen LogP contribution in [0.3, 0.4) is 0 Å². The number of nitrogens with zero attached hydrogens (tertiary/aromatic N) is 2. The van der Waals surface area contributed by atoms with E-state index in [2.05, 4.69) is 5.32 Å². The Morgan fingerprint density at radius 2 is 1.95 bits per heavy atom. The Balaban J connectivity index is 2.51. The summed E-state index contributed by atoms with van der Waals surface area (Å²) in [7, 11) is 0. The third kappa shape index (κ3) is 2.82. The normalized spacial score (nSPS) is 9.85. The maximum atomic E-state index is 11.0. The highest BCUT2D eigenvalue weighted by molar-refractivity contribution is 6.33. The van der Waals surface area contributed by atoms with Gasteiger partial charge in [-0.2, -0.15) is 5.26 Å². The SMILES string of the molecule is N#Cc1ccc(Cl)cc1Nc1cccc(Cl)c1[N+](=O)[O-]. The number of rotatable bonds is 3. The van der Waals surface area contributed by atoms with Gasteiger partial charge in [-0.05, 0) is 30.3 Å². The van der Waals surface area contributed by atoms with E-state index in [0.717, 1.165) is 0 Å². The van der Waals surface area contributed by atoms with Gasteiger partial charge < -0.3 is 5.32 Å². The lowest BCUT2D eigenvalue weighted by atomic mass is 10.1. The molecule has 0 heterocycles. The van der Waals surface area contributed by atoms with Gasteiger partial charge >= 0.3 is 5.69 Å². The van der Waals surface area contributed by atoms with Crippen molar-refractivity contribution in [2.45, 2.75) is 0 Å². The first-order chi connectivity index (χ1) is 9.52. The molecule has 100 valence electrons. The van der Waals surface area contributed by atoms with E-state index in [-0.39, 0.29) is 16.4 Å². The third-order valence-electron chi connectivity index (χ3n) is 2.54. The van der Waals surface area contributed by atoms with Gasteiger partial charge in [0.2, 0.25) is 0 Å². The Hall–Kier alpha value is -2.29. The number of anilines is 2. The summed E-state index contributed by atoms with van der Waals surface area (Å²) < 4.78 is 0.